The quantitative estimate of drug-likeness (QED) is 0.400. The molecule has 0 fully saturated rings. The van der Waals surface area contributed by atoms with Gasteiger partial charge in [0.15, 0.2) is 16.9 Å². The number of methoxy groups -OCH3 is 4. The van der Waals surface area contributed by atoms with Gasteiger partial charge in [0, 0.05) is 12.7 Å². The van der Waals surface area contributed by atoms with Gasteiger partial charge in [-0.25, -0.2) is 0 Å². The van der Waals surface area contributed by atoms with Gasteiger partial charge in [-0.2, -0.15) is 0 Å². The van der Waals surface area contributed by atoms with E-state index in [2.05, 4.69) is 27.9 Å². The topological polar surface area (TPSA) is 83.1 Å². The molecule has 7 nitrogen and oxygen atoms in total. The molecule has 1 atom stereocenters. The van der Waals surface area contributed by atoms with Crippen LogP contribution in [-0.2, 0) is 16.0 Å². The van der Waals surface area contributed by atoms with E-state index in [9.17, 15) is 9.59 Å². The van der Waals surface area contributed by atoms with Gasteiger partial charge in [0.05, 0.1) is 35.8 Å². The summed E-state index contributed by atoms with van der Waals surface area (Å²) in [6, 6.07) is 4.99. The number of hydrogen-bond donors (Lipinski definition) is 1. The third-order valence-electron chi connectivity index (χ3n) is 5.42. The molecule has 3 rings (SSSR count). The van der Waals surface area contributed by atoms with Gasteiger partial charge >= 0.3 is 0 Å². The fraction of sp³-hybridized carbons (Fsp3) is 0.391. The zero-order chi connectivity index (χ0) is 23.4. The third-order valence-corrected chi connectivity index (χ3v) is 7.34. The minimum absolute atomic E-state index is 0.0550. The average molecular weight is 571 g/mol. The number of benzene rings is 1. The Morgan fingerprint density at radius 3 is 2.41 bits per heavy atom. The molecule has 0 heterocycles. The Morgan fingerprint density at radius 1 is 1.12 bits per heavy atom. The van der Waals surface area contributed by atoms with Crippen LogP contribution in [0.2, 0.25) is 0 Å². The Balaban J connectivity index is 2.39. The number of ether oxygens (including phenoxy) is 4. The molecule has 0 aromatic heterocycles. The SMILES string of the molecule is COCC(=O)N[C@H]1CCc2c(I)c(OC)c(OC)c(OC)c2-c2ccc(SC)c(=O)cc21. The fourth-order valence-electron chi connectivity index (χ4n) is 4.06. The Hall–Kier alpha value is -1.98. The van der Waals surface area contributed by atoms with Crippen molar-refractivity contribution in [2.24, 2.45) is 0 Å². The molecule has 172 valence electrons. The van der Waals surface area contributed by atoms with Gasteiger partial charge < -0.3 is 24.3 Å². The first-order chi connectivity index (χ1) is 15.4. The van der Waals surface area contributed by atoms with Crippen LogP contribution in [0.3, 0.4) is 0 Å². The second-order valence-electron chi connectivity index (χ2n) is 7.14. The van der Waals surface area contributed by atoms with E-state index >= 15 is 0 Å². The van der Waals surface area contributed by atoms with Crippen LogP contribution < -0.4 is 25.0 Å². The number of carbonyl (C=O) groups is 1. The number of carbonyl (C=O) groups excluding carboxylic acids is 1. The minimum atomic E-state index is -0.368. The van der Waals surface area contributed by atoms with Gasteiger partial charge in [0.1, 0.15) is 6.61 Å². The molecule has 1 amide bonds. The van der Waals surface area contributed by atoms with E-state index in [0.29, 0.717) is 35.0 Å². The predicted octanol–water partition coefficient (Wildman–Crippen LogP) is 3.82. The summed E-state index contributed by atoms with van der Waals surface area (Å²) in [5.74, 6) is 1.39. The summed E-state index contributed by atoms with van der Waals surface area (Å²) in [5.41, 5.74) is 3.32. The number of halogens is 1. The van der Waals surface area contributed by atoms with Crippen molar-refractivity contribution < 1.29 is 23.7 Å². The molecule has 1 N–H and O–H groups in total. The highest BCUT2D eigenvalue weighted by molar-refractivity contribution is 14.1. The first kappa shape index (κ1) is 24.7. The van der Waals surface area contributed by atoms with Gasteiger partial charge in [0.2, 0.25) is 11.7 Å². The van der Waals surface area contributed by atoms with Crippen LogP contribution in [0.15, 0.2) is 27.9 Å². The van der Waals surface area contributed by atoms with E-state index < -0.39 is 0 Å². The van der Waals surface area contributed by atoms with Gasteiger partial charge in [0.25, 0.3) is 0 Å². The zero-order valence-corrected chi connectivity index (χ0v) is 21.6. The first-order valence-electron chi connectivity index (χ1n) is 9.92. The number of nitrogens with one attached hydrogen (secondary N) is 1. The first-order valence-corrected chi connectivity index (χ1v) is 12.2. The molecule has 0 spiro atoms. The van der Waals surface area contributed by atoms with Crippen LogP contribution in [0, 0.1) is 3.57 Å². The second-order valence-corrected chi connectivity index (χ2v) is 9.07. The highest BCUT2D eigenvalue weighted by Gasteiger charge is 2.32. The predicted molar refractivity (Wildman–Crippen MR) is 133 cm³/mol. The van der Waals surface area contributed by atoms with E-state index in [1.165, 1.54) is 18.9 Å². The Kier molecular flexibility index (Phi) is 8.29. The molecule has 32 heavy (non-hydrogen) atoms. The molecule has 1 aliphatic rings. The van der Waals surface area contributed by atoms with Gasteiger partial charge in [-0.1, -0.05) is 6.07 Å². The molecule has 2 aromatic carbocycles. The summed E-state index contributed by atoms with van der Waals surface area (Å²) in [7, 11) is 6.23. The fourth-order valence-corrected chi connectivity index (χ4v) is 5.52. The van der Waals surface area contributed by atoms with E-state index in [1.807, 2.05) is 18.4 Å². The zero-order valence-electron chi connectivity index (χ0n) is 18.7. The summed E-state index contributed by atoms with van der Waals surface area (Å²) in [4.78, 5) is 25.9. The maximum Gasteiger partial charge on any atom is 0.246 e. The summed E-state index contributed by atoms with van der Waals surface area (Å²) < 4.78 is 23.0. The number of amides is 1. The van der Waals surface area contributed by atoms with Crippen LogP contribution in [0.4, 0.5) is 0 Å². The van der Waals surface area contributed by atoms with Crippen LogP contribution in [0.25, 0.3) is 11.1 Å². The number of hydrogen-bond acceptors (Lipinski definition) is 7. The van der Waals surface area contributed by atoms with Crippen molar-refractivity contribution in [1.82, 2.24) is 5.32 Å². The second kappa shape index (κ2) is 10.8. The molecule has 9 heteroatoms. The lowest BCUT2D eigenvalue weighted by atomic mass is 9.95. The van der Waals surface area contributed by atoms with Crippen LogP contribution in [-0.4, -0.2) is 47.2 Å². The summed E-state index contributed by atoms with van der Waals surface area (Å²) >= 11 is 3.64. The van der Waals surface area contributed by atoms with Crippen molar-refractivity contribution >= 4 is 40.3 Å². The Bertz CT molecular complexity index is 1090. The summed E-state index contributed by atoms with van der Waals surface area (Å²) in [6.07, 6.45) is 3.11. The monoisotopic (exact) mass is 571 g/mol. The Labute approximate surface area is 205 Å². The van der Waals surface area contributed by atoms with Gasteiger partial charge in [-0.15, -0.1) is 11.8 Å². The number of rotatable bonds is 7. The van der Waals surface area contributed by atoms with Gasteiger partial charge in [-0.05, 0) is 70.5 Å². The molecular weight excluding hydrogens is 545 g/mol. The van der Waals surface area contributed by atoms with E-state index in [4.69, 9.17) is 18.9 Å². The van der Waals surface area contributed by atoms with Crippen molar-refractivity contribution in [3.63, 3.8) is 0 Å². The lowest BCUT2D eigenvalue weighted by Gasteiger charge is -2.21. The maximum atomic E-state index is 12.9. The standard InChI is InChI=1S/C23H26INO6S/c1-28-11-18(27)25-15-8-6-13-19(12-7-9-17(32-5)16(26)10-14(12)15)21(29-2)23(31-4)22(30-3)20(13)24/h7,9-10,15H,6,8,11H2,1-5H3,(H,25,27)/t15-/m0/s1. The number of thioether (sulfide) groups is 1. The van der Waals surface area contributed by atoms with Crippen LogP contribution in [0.5, 0.6) is 17.2 Å². The molecule has 0 saturated heterocycles. The van der Waals surface area contributed by atoms with Crippen molar-refractivity contribution in [1.29, 1.82) is 0 Å². The largest absolute Gasteiger partial charge is 0.492 e. The van der Waals surface area contributed by atoms with E-state index in [0.717, 1.165) is 25.8 Å². The summed E-state index contributed by atoms with van der Waals surface area (Å²) in [6.45, 7) is -0.0550. The third kappa shape index (κ3) is 4.55. The molecule has 0 aliphatic heterocycles. The lowest BCUT2D eigenvalue weighted by molar-refractivity contribution is -0.125. The maximum absolute atomic E-state index is 12.9. The average Bonchev–Trinajstić information content (AvgIpc) is 3.03. The van der Waals surface area contributed by atoms with Gasteiger partial charge in [-0.3, -0.25) is 9.59 Å². The molecule has 0 bridgehead atoms. The molecular formula is C23H26INO6S. The van der Waals surface area contributed by atoms with Crippen molar-refractivity contribution in [3.05, 3.63) is 43.1 Å². The normalized spacial score (nSPS) is 14.6. The van der Waals surface area contributed by atoms with Crippen molar-refractivity contribution in [2.75, 3.05) is 41.3 Å². The smallest absolute Gasteiger partial charge is 0.246 e. The van der Waals surface area contributed by atoms with Crippen molar-refractivity contribution in [3.8, 4) is 28.4 Å². The van der Waals surface area contributed by atoms with Crippen molar-refractivity contribution in [2.45, 2.75) is 23.8 Å². The molecule has 2 aromatic rings. The number of fused-ring (bicyclic) bond motifs is 3. The minimum Gasteiger partial charge on any atom is -0.492 e. The van der Waals surface area contributed by atoms with E-state index in [-0.39, 0.29) is 24.0 Å². The molecule has 1 aliphatic carbocycles. The summed E-state index contributed by atoms with van der Waals surface area (Å²) in [5, 5.41) is 3.03. The van der Waals surface area contributed by atoms with E-state index in [1.54, 1.807) is 27.4 Å². The highest BCUT2D eigenvalue weighted by atomic mass is 127. The lowest BCUT2D eigenvalue weighted by Crippen LogP contribution is -2.31. The highest BCUT2D eigenvalue weighted by Crippen LogP contribution is 2.52. The molecule has 0 saturated carbocycles. The van der Waals surface area contributed by atoms with Crippen LogP contribution >= 0.6 is 34.4 Å². The van der Waals surface area contributed by atoms with Crippen LogP contribution in [0.1, 0.15) is 23.6 Å². The molecule has 0 radical (unpaired) electrons. The molecule has 0 unspecified atom stereocenters. The Morgan fingerprint density at radius 2 is 1.81 bits per heavy atom.